The monoisotopic (exact) mass is 472 g/mol. The molecule has 4 heteroatoms. The van der Waals surface area contributed by atoms with E-state index >= 15 is 0 Å². The van der Waals surface area contributed by atoms with Gasteiger partial charge in [0.15, 0.2) is 0 Å². The van der Waals surface area contributed by atoms with Crippen LogP contribution < -0.4 is 0 Å². The average Bonchev–Trinajstić information content (AvgIpc) is 2.84. The first-order chi connectivity index (χ1) is 16.2. The van der Waals surface area contributed by atoms with E-state index in [1.165, 1.54) is 77.0 Å². The van der Waals surface area contributed by atoms with Crippen molar-refractivity contribution in [3.8, 4) is 0 Å². The maximum Gasteiger partial charge on any atom is 0.328 e. The SMILES string of the molecule is CCCCCCCCCCCCCCCCC(OP(O)O)(c1ccccc1)c1ccccc1. The third-order valence-electron chi connectivity index (χ3n) is 6.60. The molecule has 0 unspecified atom stereocenters. The molecule has 0 fully saturated rings. The fraction of sp³-hybridized carbons (Fsp3) is 0.586. The summed E-state index contributed by atoms with van der Waals surface area (Å²) < 4.78 is 5.90. The minimum absolute atomic E-state index is 0.735. The topological polar surface area (TPSA) is 49.7 Å². The summed E-state index contributed by atoms with van der Waals surface area (Å²) in [4.78, 5) is 19.6. The summed E-state index contributed by atoms with van der Waals surface area (Å²) in [5.74, 6) is 0. The van der Waals surface area contributed by atoms with E-state index in [-0.39, 0.29) is 0 Å². The Bertz CT molecular complexity index is 666. The quantitative estimate of drug-likeness (QED) is 0.158. The molecule has 3 nitrogen and oxygen atoms in total. The van der Waals surface area contributed by atoms with Gasteiger partial charge in [0.25, 0.3) is 0 Å². The van der Waals surface area contributed by atoms with Gasteiger partial charge in [0.2, 0.25) is 0 Å². The second-order valence-corrected chi connectivity index (χ2v) is 9.94. The summed E-state index contributed by atoms with van der Waals surface area (Å²) in [6.07, 6.45) is 19.2. The zero-order valence-corrected chi connectivity index (χ0v) is 21.5. The lowest BCUT2D eigenvalue weighted by molar-refractivity contribution is 0.0791. The van der Waals surface area contributed by atoms with Gasteiger partial charge in [0.05, 0.1) is 0 Å². The van der Waals surface area contributed by atoms with Crippen LogP contribution in [-0.2, 0) is 10.1 Å². The molecule has 0 bridgehead atoms. The van der Waals surface area contributed by atoms with Crippen molar-refractivity contribution in [2.24, 2.45) is 0 Å². The molecule has 0 saturated carbocycles. The van der Waals surface area contributed by atoms with Gasteiger partial charge in [-0.25, -0.2) is 0 Å². The molecule has 33 heavy (non-hydrogen) atoms. The molecular formula is C29H45O3P. The molecule has 2 aromatic rings. The molecule has 184 valence electrons. The van der Waals surface area contributed by atoms with Crippen molar-refractivity contribution in [2.75, 3.05) is 0 Å². The van der Waals surface area contributed by atoms with Gasteiger partial charge in [-0.05, 0) is 24.0 Å². The van der Waals surface area contributed by atoms with Crippen LogP contribution in [0.5, 0.6) is 0 Å². The molecule has 0 aliphatic heterocycles. The molecule has 0 aliphatic carbocycles. The minimum Gasteiger partial charge on any atom is -0.328 e. The van der Waals surface area contributed by atoms with E-state index in [0.29, 0.717) is 0 Å². The van der Waals surface area contributed by atoms with E-state index in [1.807, 2.05) is 60.7 Å². The van der Waals surface area contributed by atoms with Crippen molar-refractivity contribution in [3.63, 3.8) is 0 Å². The normalized spacial score (nSPS) is 11.9. The van der Waals surface area contributed by atoms with Gasteiger partial charge in [0, 0.05) is 0 Å². The summed E-state index contributed by atoms with van der Waals surface area (Å²) in [6, 6.07) is 20.0. The van der Waals surface area contributed by atoms with Crippen molar-refractivity contribution in [1.29, 1.82) is 0 Å². The lowest BCUT2D eigenvalue weighted by Gasteiger charge is -2.35. The van der Waals surface area contributed by atoms with Gasteiger partial charge in [-0.2, -0.15) is 0 Å². The maximum absolute atomic E-state index is 9.82. The lowest BCUT2D eigenvalue weighted by atomic mass is 9.82. The predicted molar refractivity (Wildman–Crippen MR) is 141 cm³/mol. The Kier molecular flexibility index (Phi) is 14.6. The van der Waals surface area contributed by atoms with Crippen molar-refractivity contribution in [3.05, 3.63) is 71.8 Å². The maximum atomic E-state index is 9.82. The number of benzene rings is 2. The Balaban J connectivity index is 1.74. The van der Waals surface area contributed by atoms with Gasteiger partial charge >= 0.3 is 8.60 Å². The van der Waals surface area contributed by atoms with Crippen molar-refractivity contribution in [1.82, 2.24) is 0 Å². The van der Waals surface area contributed by atoms with Gasteiger partial charge in [-0.15, -0.1) is 0 Å². The van der Waals surface area contributed by atoms with Gasteiger partial charge < -0.3 is 9.79 Å². The highest BCUT2D eigenvalue weighted by atomic mass is 31.2. The van der Waals surface area contributed by atoms with E-state index in [4.69, 9.17) is 4.52 Å². The van der Waals surface area contributed by atoms with Crippen molar-refractivity contribution in [2.45, 2.75) is 109 Å². The van der Waals surface area contributed by atoms with Gasteiger partial charge in [0.1, 0.15) is 5.60 Å². The molecule has 0 radical (unpaired) electrons. The Labute approximate surface area is 203 Å². The van der Waals surface area contributed by atoms with Crippen LogP contribution in [0.3, 0.4) is 0 Å². The van der Waals surface area contributed by atoms with Crippen LogP contribution in [-0.4, -0.2) is 9.79 Å². The fourth-order valence-electron chi connectivity index (χ4n) is 4.73. The summed E-state index contributed by atoms with van der Waals surface area (Å²) in [5.41, 5.74) is 1.12. The molecule has 0 aromatic heterocycles. The standard InChI is InChI=1S/C29H45O3P/c1-2-3-4-5-6-7-8-9-10-11-12-13-14-21-26-29(32-33(30)31,27-22-17-15-18-23-27)28-24-19-16-20-25-28/h15-20,22-25,30-31H,2-14,21,26H2,1H3. The number of hydrogen-bond donors (Lipinski definition) is 2. The van der Waals surface area contributed by atoms with Crippen molar-refractivity contribution < 1.29 is 14.3 Å². The van der Waals surface area contributed by atoms with E-state index in [0.717, 1.165) is 30.4 Å². The zero-order valence-electron chi connectivity index (χ0n) is 20.6. The fourth-order valence-corrected chi connectivity index (χ4v) is 5.31. The zero-order chi connectivity index (χ0) is 23.6. The molecule has 0 saturated heterocycles. The highest BCUT2D eigenvalue weighted by molar-refractivity contribution is 7.39. The van der Waals surface area contributed by atoms with Crippen LogP contribution in [0.2, 0.25) is 0 Å². The third-order valence-corrected chi connectivity index (χ3v) is 7.08. The second-order valence-electron chi connectivity index (χ2n) is 9.25. The summed E-state index contributed by atoms with van der Waals surface area (Å²) >= 11 is 0. The smallest absolute Gasteiger partial charge is 0.328 e. The Morgan fingerprint density at radius 3 is 1.30 bits per heavy atom. The van der Waals surface area contributed by atoms with E-state index in [2.05, 4.69) is 6.92 Å². The number of unbranched alkanes of at least 4 members (excludes halogenated alkanes) is 13. The Morgan fingerprint density at radius 1 is 0.576 bits per heavy atom. The van der Waals surface area contributed by atoms with E-state index < -0.39 is 14.2 Å². The first-order valence-electron chi connectivity index (χ1n) is 13.2. The highest BCUT2D eigenvalue weighted by Gasteiger charge is 2.37. The van der Waals surface area contributed by atoms with Crippen LogP contribution in [0.4, 0.5) is 0 Å². The minimum atomic E-state index is -2.48. The average molecular weight is 473 g/mol. The van der Waals surface area contributed by atoms with E-state index in [1.54, 1.807) is 0 Å². The van der Waals surface area contributed by atoms with Gasteiger partial charge in [-0.1, -0.05) is 151 Å². The second kappa shape index (κ2) is 17.2. The summed E-state index contributed by atoms with van der Waals surface area (Å²) in [5, 5.41) is 0. The number of hydrogen-bond acceptors (Lipinski definition) is 3. The first-order valence-corrected chi connectivity index (χ1v) is 14.3. The molecular weight excluding hydrogens is 427 g/mol. The van der Waals surface area contributed by atoms with Crippen LogP contribution in [0.25, 0.3) is 0 Å². The number of rotatable bonds is 19. The van der Waals surface area contributed by atoms with Crippen LogP contribution >= 0.6 is 8.60 Å². The van der Waals surface area contributed by atoms with Crippen LogP contribution in [0.15, 0.2) is 60.7 Å². The van der Waals surface area contributed by atoms with Crippen LogP contribution in [0, 0.1) is 0 Å². The molecule has 2 N–H and O–H groups in total. The lowest BCUT2D eigenvalue weighted by Crippen LogP contribution is -2.29. The molecule has 2 aromatic carbocycles. The predicted octanol–water partition coefficient (Wildman–Crippen LogP) is 9.03. The highest BCUT2D eigenvalue weighted by Crippen LogP contribution is 2.46. The molecule has 0 heterocycles. The molecule has 0 aliphatic rings. The van der Waals surface area contributed by atoms with Crippen LogP contribution in [0.1, 0.15) is 114 Å². The summed E-state index contributed by atoms with van der Waals surface area (Å²) in [6.45, 7) is 2.27. The molecule has 0 atom stereocenters. The molecule has 0 amide bonds. The molecule has 2 rings (SSSR count). The third kappa shape index (κ3) is 10.7. The largest absolute Gasteiger partial charge is 0.328 e. The van der Waals surface area contributed by atoms with Gasteiger partial charge in [-0.3, -0.25) is 4.52 Å². The Hall–Kier alpha value is -1.25. The summed E-state index contributed by atoms with van der Waals surface area (Å²) in [7, 11) is -2.48. The van der Waals surface area contributed by atoms with Crippen molar-refractivity contribution >= 4 is 8.60 Å². The molecule has 0 spiro atoms. The first kappa shape index (κ1) is 28.0. The van der Waals surface area contributed by atoms with E-state index in [9.17, 15) is 9.79 Å². The Morgan fingerprint density at radius 2 is 0.939 bits per heavy atom.